The van der Waals surface area contributed by atoms with Crippen molar-refractivity contribution in [1.29, 1.82) is 0 Å². The fourth-order valence-electron chi connectivity index (χ4n) is 2.51. The molecule has 0 radical (unpaired) electrons. The molecule has 1 N–H and O–H groups in total. The van der Waals surface area contributed by atoms with Gasteiger partial charge in [0.1, 0.15) is 0 Å². The summed E-state index contributed by atoms with van der Waals surface area (Å²) in [6, 6.07) is 0. The third-order valence-corrected chi connectivity index (χ3v) is 4.88. The first-order valence-electron chi connectivity index (χ1n) is 7.52. The molecule has 0 heterocycles. The van der Waals surface area contributed by atoms with Crippen LogP contribution in [0.4, 0.5) is 8.78 Å². The molecule has 6 heteroatoms. The van der Waals surface area contributed by atoms with Gasteiger partial charge in [-0.15, -0.1) is 0 Å². The Balaban J connectivity index is 0. The van der Waals surface area contributed by atoms with Crippen LogP contribution in [-0.4, -0.2) is 31.7 Å². The summed E-state index contributed by atoms with van der Waals surface area (Å²) in [4.78, 5) is 16.5. The van der Waals surface area contributed by atoms with E-state index in [4.69, 9.17) is 5.11 Å². The summed E-state index contributed by atoms with van der Waals surface area (Å²) in [5.74, 6) is -1.28. The van der Waals surface area contributed by atoms with Crippen molar-refractivity contribution >= 4 is 33.4 Å². The van der Waals surface area contributed by atoms with Crippen LogP contribution in [-0.2, 0) is 4.79 Å². The zero-order valence-corrected chi connectivity index (χ0v) is 17.4. The van der Waals surface area contributed by atoms with Gasteiger partial charge in [0.05, 0.1) is 0 Å². The van der Waals surface area contributed by atoms with Gasteiger partial charge in [0.2, 0.25) is 0 Å². The second-order valence-corrected chi connectivity index (χ2v) is 9.34. The quantitative estimate of drug-likeness (QED) is 0.319. The van der Waals surface area contributed by atoms with Gasteiger partial charge in [-0.3, -0.25) is 0 Å². The van der Waals surface area contributed by atoms with Crippen molar-refractivity contribution in [3.8, 4) is 0 Å². The standard InChI is InChI=1S/C14H26F2INO2.C2H6/c1-10(11(19)20)7-12(2,3)8-13(4,5)18-9-14(15,16)17-6;1-2/h9-10,17H,7-8H2,1-6H3,(H,19,20);1-2H3. The summed E-state index contributed by atoms with van der Waals surface area (Å²) >= 11 is -1.38. The van der Waals surface area contributed by atoms with Crippen LogP contribution < -0.4 is 0 Å². The van der Waals surface area contributed by atoms with E-state index in [-0.39, 0.29) is 5.41 Å². The molecule has 0 aromatic heterocycles. The van der Waals surface area contributed by atoms with E-state index in [1.54, 1.807) is 11.9 Å². The van der Waals surface area contributed by atoms with Crippen molar-refractivity contribution in [2.75, 3.05) is 4.93 Å². The SMILES string of the molecule is CC.C[IH]C(F)(F)C=NC(C)(C)CC(C)(C)CC(C)C(=O)O. The zero-order chi connectivity index (χ0) is 18.2. The number of carboxylic acids is 1. The summed E-state index contributed by atoms with van der Waals surface area (Å²) in [7, 11) is 0. The third kappa shape index (κ3) is 11.3. The van der Waals surface area contributed by atoms with Crippen molar-refractivity contribution in [2.45, 2.75) is 70.8 Å². The topological polar surface area (TPSA) is 49.7 Å². The number of halogens is 3. The summed E-state index contributed by atoms with van der Waals surface area (Å²) < 4.78 is 23.8. The van der Waals surface area contributed by atoms with Crippen LogP contribution in [0.2, 0.25) is 0 Å². The molecule has 0 spiro atoms. The minimum absolute atomic E-state index is 0.267. The molecule has 22 heavy (non-hydrogen) atoms. The number of aliphatic imine (C=N–C) groups is 1. The molecular weight excluding hydrogens is 403 g/mol. The maximum atomic E-state index is 13.3. The van der Waals surface area contributed by atoms with E-state index < -0.39 is 42.6 Å². The first-order valence-corrected chi connectivity index (χ1v) is 11.0. The molecule has 0 saturated carbocycles. The molecule has 134 valence electrons. The second-order valence-electron chi connectivity index (χ2n) is 6.62. The number of hydrogen-bond donors (Lipinski definition) is 1. The number of rotatable bonds is 8. The molecule has 1 unspecified atom stereocenters. The Kier molecular flexibility index (Phi) is 10.7. The molecule has 0 bridgehead atoms. The van der Waals surface area contributed by atoms with Crippen molar-refractivity contribution < 1.29 is 18.7 Å². The Bertz CT molecular complexity index is 369. The van der Waals surface area contributed by atoms with Crippen LogP contribution in [0.5, 0.6) is 0 Å². The van der Waals surface area contributed by atoms with E-state index in [9.17, 15) is 13.6 Å². The number of carboxylic acid groups (broad SMARTS) is 1. The van der Waals surface area contributed by atoms with Crippen LogP contribution in [0.1, 0.15) is 61.3 Å². The van der Waals surface area contributed by atoms with Gasteiger partial charge in [-0.1, -0.05) is 13.8 Å². The summed E-state index contributed by atoms with van der Waals surface area (Å²) in [5, 5.41) is 8.96. The van der Waals surface area contributed by atoms with Crippen LogP contribution in [0.25, 0.3) is 0 Å². The van der Waals surface area contributed by atoms with E-state index in [1.807, 2.05) is 41.5 Å². The predicted octanol–water partition coefficient (Wildman–Crippen LogP) is 5.31. The average molecular weight is 435 g/mol. The Hall–Kier alpha value is -0.270. The van der Waals surface area contributed by atoms with Crippen molar-refractivity contribution in [3.05, 3.63) is 0 Å². The molecule has 0 aromatic carbocycles. The summed E-state index contributed by atoms with van der Waals surface area (Å²) in [6.07, 6.45) is 1.85. The number of alkyl halides is 4. The molecular formula is C16H32F2INO2. The van der Waals surface area contributed by atoms with Gasteiger partial charge in [0.15, 0.2) is 0 Å². The van der Waals surface area contributed by atoms with Crippen LogP contribution >= 0.6 is 21.2 Å². The third-order valence-electron chi connectivity index (χ3n) is 3.03. The number of carbonyl (C=O) groups is 1. The van der Waals surface area contributed by atoms with E-state index in [1.165, 1.54) is 0 Å². The van der Waals surface area contributed by atoms with Gasteiger partial charge >= 0.3 is 130 Å². The molecule has 0 aromatic rings. The predicted molar refractivity (Wildman–Crippen MR) is 100 cm³/mol. The van der Waals surface area contributed by atoms with Gasteiger partial charge in [0, 0.05) is 0 Å². The molecule has 1 atom stereocenters. The second kappa shape index (κ2) is 9.78. The fraction of sp³-hybridized carbons (Fsp3) is 0.875. The molecule has 3 nitrogen and oxygen atoms in total. The Morgan fingerprint density at radius 3 is 2.09 bits per heavy atom. The Morgan fingerprint density at radius 2 is 1.73 bits per heavy atom. The van der Waals surface area contributed by atoms with E-state index in [2.05, 4.69) is 4.99 Å². The average Bonchev–Trinajstić information content (AvgIpc) is 2.37. The molecule has 0 amide bonds. The summed E-state index contributed by atoms with van der Waals surface area (Å²) in [6.45, 7) is 13.2. The van der Waals surface area contributed by atoms with E-state index >= 15 is 0 Å². The van der Waals surface area contributed by atoms with Crippen molar-refractivity contribution in [2.24, 2.45) is 16.3 Å². The first-order chi connectivity index (χ1) is 9.80. The monoisotopic (exact) mass is 435 g/mol. The number of hydrogen-bond acceptors (Lipinski definition) is 2. The van der Waals surface area contributed by atoms with Crippen molar-refractivity contribution in [3.63, 3.8) is 0 Å². The van der Waals surface area contributed by atoms with Gasteiger partial charge in [-0.05, 0) is 0 Å². The van der Waals surface area contributed by atoms with Crippen LogP contribution in [0.15, 0.2) is 4.99 Å². The molecule has 0 aliphatic heterocycles. The molecule has 0 aliphatic rings. The van der Waals surface area contributed by atoms with Gasteiger partial charge < -0.3 is 0 Å². The molecule has 0 fully saturated rings. The Morgan fingerprint density at radius 1 is 1.27 bits per heavy atom. The summed E-state index contributed by atoms with van der Waals surface area (Å²) in [5.41, 5.74) is -0.885. The fourth-order valence-corrected chi connectivity index (χ4v) is 2.96. The van der Waals surface area contributed by atoms with Gasteiger partial charge in [-0.25, -0.2) is 0 Å². The van der Waals surface area contributed by atoms with Gasteiger partial charge in [-0.2, -0.15) is 0 Å². The normalized spacial score (nSPS) is 14.6. The number of nitrogens with zero attached hydrogens (tertiary/aromatic N) is 1. The van der Waals surface area contributed by atoms with E-state index in [0.717, 1.165) is 6.21 Å². The zero-order valence-electron chi connectivity index (χ0n) is 15.0. The molecule has 0 rings (SSSR count). The first kappa shape index (κ1) is 24.0. The van der Waals surface area contributed by atoms with Crippen LogP contribution in [0.3, 0.4) is 0 Å². The van der Waals surface area contributed by atoms with E-state index in [0.29, 0.717) is 12.8 Å². The molecule has 0 aliphatic carbocycles. The van der Waals surface area contributed by atoms with Crippen molar-refractivity contribution in [1.82, 2.24) is 0 Å². The van der Waals surface area contributed by atoms with Gasteiger partial charge in [0.25, 0.3) is 0 Å². The molecule has 0 saturated heterocycles. The minimum atomic E-state index is -2.75. The maximum absolute atomic E-state index is 13.3. The van der Waals surface area contributed by atoms with Crippen LogP contribution in [0, 0.1) is 11.3 Å². The number of aliphatic carboxylic acids is 1. The Labute approximate surface area is 144 Å².